The number of rotatable bonds is 6. The third-order valence-corrected chi connectivity index (χ3v) is 2.88. The molecule has 0 aliphatic heterocycles. The summed E-state index contributed by atoms with van der Waals surface area (Å²) in [6, 6.07) is 3.71. The van der Waals surface area contributed by atoms with E-state index in [1.165, 1.54) is 12.1 Å². The van der Waals surface area contributed by atoms with Gasteiger partial charge in [0.1, 0.15) is 11.6 Å². The van der Waals surface area contributed by atoms with Gasteiger partial charge in [0.25, 0.3) is 0 Å². The number of hydrogen-bond donors (Lipinski definition) is 1. The van der Waals surface area contributed by atoms with Gasteiger partial charge in [-0.25, -0.2) is 8.78 Å². The molecule has 0 heterocycles. The molecule has 0 bridgehead atoms. The summed E-state index contributed by atoms with van der Waals surface area (Å²) in [5.41, 5.74) is 0.293. The van der Waals surface area contributed by atoms with Crippen LogP contribution in [0.25, 0.3) is 0 Å². The van der Waals surface area contributed by atoms with Crippen LogP contribution in [0.1, 0.15) is 19.4 Å². The lowest BCUT2D eigenvalue weighted by Gasteiger charge is -2.26. The van der Waals surface area contributed by atoms with Crippen LogP contribution in [-0.2, 0) is 6.42 Å². The fraction of sp³-hybridized carbons (Fsp3) is 0.429. The summed E-state index contributed by atoms with van der Waals surface area (Å²) in [6.45, 7) is 9.40. The van der Waals surface area contributed by atoms with E-state index in [1.807, 2.05) is 19.9 Å². The fourth-order valence-corrected chi connectivity index (χ4v) is 1.72. The first-order chi connectivity index (χ1) is 8.00. The molecule has 1 unspecified atom stereocenters. The molecule has 0 aliphatic carbocycles. The highest BCUT2D eigenvalue weighted by molar-refractivity contribution is 5.21. The highest BCUT2D eigenvalue weighted by Gasteiger charge is 2.22. The van der Waals surface area contributed by atoms with Crippen LogP contribution in [0, 0.1) is 17.0 Å². The summed E-state index contributed by atoms with van der Waals surface area (Å²) in [4.78, 5) is 0. The third-order valence-electron chi connectivity index (χ3n) is 2.88. The summed E-state index contributed by atoms with van der Waals surface area (Å²) < 4.78 is 26.3. The zero-order valence-electron chi connectivity index (χ0n) is 10.4. The van der Waals surface area contributed by atoms with Gasteiger partial charge in [0, 0.05) is 18.0 Å². The molecule has 0 radical (unpaired) electrons. The quantitative estimate of drug-likeness (QED) is 0.751. The smallest absolute Gasteiger partial charge is 0.129 e. The van der Waals surface area contributed by atoms with Gasteiger partial charge >= 0.3 is 0 Å². The molecule has 0 spiro atoms. The van der Waals surface area contributed by atoms with Crippen LogP contribution in [0.3, 0.4) is 0 Å². The van der Waals surface area contributed by atoms with Gasteiger partial charge in [0.2, 0.25) is 0 Å². The Morgan fingerprint density at radius 1 is 1.41 bits per heavy atom. The van der Waals surface area contributed by atoms with E-state index in [2.05, 4.69) is 11.9 Å². The monoisotopic (exact) mass is 239 g/mol. The lowest BCUT2D eigenvalue weighted by Crippen LogP contribution is -2.32. The normalized spacial score (nSPS) is 14.4. The molecule has 0 fully saturated rings. The minimum absolute atomic E-state index is 0.228. The second-order valence-electron chi connectivity index (χ2n) is 4.55. The highest BCUT2D eigenvalue weighted by Crippen LogP contribution is 2.25. The van der Waals surface area contributed by atoms with Gasteiger partial charge in [-0.1, -0.05) is 26.0 Å². The summed E-state index contributed by atoms with van der Waals surface area (Å²) >= 11 is 0. The van der Waals surface area contributed by atoms with E-state index in [1.54, 1.807) is 0 Å². The molecular weight excluding hydrogens is 220 g/mol. The second-order valence-corrected chi connectivity index (χ2v) is 4.55. The summed E-state index contributed by atoms with van der Waals surface area (Å²) in [5.74, 6) is -1.03. The van der Waals surface area contributed by atoms with Crippen molar-refractivity contribution < 1.29 is 8.78 Å². The minimum atomic E-state index is -0.543. The maximum atomic E-state index is 13.5. The van der Waals surface area contributed by atoms with E-state index in [0.717, 1.165) is 19.2 Å². The van der Waals surface area contributed by atoms with Crippen molar-refractivity contribution in [2.75, 3.05) is 13.1 Å². The van der Waals surface area contributed by atoms with Crippen LogP contribution < -0.4 is 5.32 Å². The van der Waals surface area contributed by atoms with Crippen molar-refractivity contribution in [1.29, 1.82) is 0 Å². The molecule has 1 aromatic carbocycles. The molecule has 1 nitrogen and oxygen atoms in total. The predicted molar refractivity (Wildman–Crippen MR) is 66.9 cm³/mol. The zero-order chi connectivity index (χ0) is 12.9. The van der Waals surface area contributed by atoms with E-state index in [-0.39, 0.29) is 5.41 Å². The number of hydrogen-bond acceptors (Lipinski definition) is 1. The lowest BCUT2D eigenvalue weighted by molar-refractivity contribution is 0.388. The van der Waals surface area contributed by atoms with Crippen molar-refractivity contribution in [1.82, 2.24) is 5.32 Å². The average Bonchev–Trinajstić information content (AvgIpc) is 2.30. The molecule has 1 atom stereocenters. The minimum Gasteiger partial charge on any atom is -0.316 e. The Kier molecular flexibility index (Phi) is 4.82. The van der Waals surface area contributed by atoms with E-state index in [9.17, 15) is 8.78 Å². The van der Waals surface area contributed by atoms with Gasteiger partial charge in [-0.05, 0) is 24.6 Å². The van der Waals surface area contributed by atoms with Gasteiger partial charge in [-0.15, -0.1) is 6.58 Å². The van der Waals surface area contributed by atoms with Crippen LogP contribution in [0.2, 0.25) is 0 Å². The number of nitrogens with one attached hydrogen (secondary N) is 1. The SMILES string of the molecule is C=CC(C)(CNCC)Cc1ccc(F)cc1F. The fourth-order valence-electron chi connectivity index (χ4n) is 1.72. The van der Waals surface area contributed by atoms with Crippen LogP contribution in [0.4, 0.5) is 8.78 Å². The largest absolute Gasteiger partial charge is 0.316 e. The second kappa shape index (κ2) is 5.92. The van der Waals surface area contributed by atoms with Crippen molar-refractivity contribution in [3.05, 3.63) is 48.1 Å². The molecule has 1 aromatic rings. The Morgan fingerprint density at radius 3 is 2.65 bits per heavy atom. The van der Waals surface area contributed by atoms with E-state index < -0.39 is 11.6 Å². The van der Waals surface area contributed by atoms with Crippen LogP contribution in [0.5, 0.6) is 0 Å². The van der Waals surface area contributed by atoms with Crippen LogP contribution >= 0.6 is 0 Å². The molecule has 0 aromatic heterocycles. The lowest BCUT2D eigenvalue weighted by atomic mass is 9.83. The first kappa shape index (κ1) is 13.8. The Bertz CT molecular complexity index is 390. The Hall–Kier alpha value is -1.22. The molecule has 0 aliphatic rings. The number of benzene rings is 1. The van der Waals surface area contributed by atoms with Gasteiger partial charge in [0.15, 0.2) is 0 Å². The third kappa shape index (κ3) is 3.93. The molecule has 1 N–H and O–H groups in total. The Balaban J connectivity index is 2.83. The summed E-state index contributed by atoms with van der Waals surface area (Å²) in [7, 11) is 0. The Morgan fingerprint density at radius 2 is 2.12 bits per heavy atom. The maximum absolute atomic E-state index is 13.5. The van der Waals surface area contributed by atoms with Gasteiger partial charge < -0.3 is 5.32 Å². The standard InChI is InChI=1S/C14H19F2N/c1-4-14(3,10-17-5-2)9-11-6-7-12(15)8-13(11)16/h4,6-8,17H,1,5,9-10H2,2-3H3. The van der Waals surface area contributed by atoms with Gasteiger partial charge in [0.05, 0.1) is 0 Å². The average molecular weight is 239 g/mol. The van der Waals surface area contributed by atoms with Crippen molar-refractivity contribution in [3.63, 3.8) is 0 Å². The molecule has 17 heavy (non-hydrogen) atoms. The topological polar surface area (TPSA) is 12.0 Å². The number of halogens is 2. The maximum Gasteiger partial charge on any atom is 0.129 e. The first-order valence-corrected chi connectivity index (χ1v) is 5.79. The molecule has 0 amide bonds. The van der Waals surface area contributed by atoms with Crippen molar-refractivity contribution in [2.45, 2.75) is 20.3 Å². The van der Waals surface area contributed by atoms with Gasteiger partial charge in [-0.3, -0.25) is 0 Å². The summed E-state index contributed by atoms with van der Waals surface area (Å²) in [6.07, 6.45) is 2.33. The first-order valence-electron chi connectivity index (χ1n) is 5.79. The van der Waals surface area contributed by atoms with Crippen LogP contribution in [0.15, 0.2) is 30.9 Å². The summed E-state index contributed by atoms with van der Waals surface area (Å²) in [5, 5.41) is 3.22. The van der Waals surface area contributed by atoms with E-state index >= 15 is 0 Å². The van der Waals surface area contributed by atoms with Crippen molar-refractivity contribution >= 4 is 0 Å². The molecule has 0 saturated heterocycles. The zero-order valence-corrected chi connectivity index (χ0v) is 10.4. The van der Waals surface area contributed by atoms with Crippen molar-refractivity contribution in [2.24, 2.45) is 5.41 Å². The molecular formula is C14H19F2N. The highest BCUT2D eigenvalue weighted by atomic mass is 19.1. The molecule has 3 heteroatoms. The van der Waals surface area contributed by atoms with E-state index in [0.29, 0.717) is 12.0 Å². The van der Waals surface area contributed by atoms with Crippen LogP contribution in [-0.4, -0.2) is 13.1 Å². The molecule has 94 valence electrons. The van der Waals surface area contributed by atoms with E-state index in [4.69, 9.17) is 0 Å². The predicted octanol–water partition coefficient (Wildman–Crippen LogP) is 3.31. The van der Waals surface area contributed by atoms with Crippen molar-refractivity contribution in [3.8, 4) is 0 Å². The Labute approximate surface area is 102 Å². The van der Waals surface area contributed by atoms with Gasteiger partial charge in [-0.2, -0.15) is 0 Å². The molecule has 0 saturated carbocycles. The molecule has 1 rings (SSSR count).